The monoisotopic (exact) mass is 279 g/mol. The summed E-state index contributed by atoms with van der Waals surface area (Å²) >= 11 is 0. The molecule has 0 bridgehead atoms. The minimum atomic E-state index is -0.570. The second kappa shape index (κ2) is 6.70. The van der Waals surface area contributed by atoms with Gasteiger partial charge in [0.15, 0.2) is 5.75 Å². The molecule has 0 atom stereocenters. The highest BCUT2D eigenvalue weighted by Crippen LogP contribution is 2.32. The third kappa shape index (κ3) is 3.81. The van der Waals surface area contributed by atoms with Gasteiger partial charge in [0, 0.05) is 6.07 Å². The highest BCUT2D eigenvalue weighted by molar-refractivity contribution is 5.88. The Balaban J connectivity index is 2.90. The maximum absolute atomic E-state index is 11.4. The second-order valence-electron chi connectivity index (χ2n) is 4.30. The number of carbonyl (C=O) groups is 1. The molecule has 0 radical (unpaired) electrons. The molecule has 1 rings (SSSR count). The van der Waals surface area contributed by atoms with Gasteiger partial charge in [-0.25, -0.2) is 4.79 Å². The molecule has 0 aromatic heterocycles. The van der Waals surface area contributed by atoms with E-state index in [0.717, 1.165) is 5.56 Å². The molecule has 20 heavy (non-hydrogen) atoms. The Morgan fingerprint density at radius 1 is 1.40 bits per heavy atom. The van der Waals surface area contributed by atoms with Crippen molar-refractivity contribution in [2.45, 2.75) is 20.8 Å². The van der Waals surface area contributed by atoms with Crippen molar-refractivity contribution in [3.05, 3.63) is 45.5 Å². The Bertz CT molecular complexity index is 551. The summed E-state index contributed by atoms with van der Waals surface area (Å²) in [5, 5.41) is 11.0. The van der Waals surface area contributed by atoms with Crippen LogP contribution >= 0.6 is 0 Å². The molecule has 0 aliphatic heterocycles. The number of benzene rings is 1. The van der Waals surface area contributed by atoms with Gasteiger partial charge in [-0.3, -0.25) is 10.1 Å². The third-order valence-electron chi connectivity index (χ3n) is 2.55. The standard InChI is InChI=1S/C14H17NO5/c1-5-19-14(16)11(4)8-20-13-10(3)6-9(2)7-12(13)15(17)18/h6-7H,4-5,8H2,1-3H3. The zero-order valence-electron chi connectivity index (χ0n) is 11.8. The lowest BCUT2D eigenvalue weighted by Gasteiger charge is -2.11. The number of nitrogens with zero attached hydrogens (tertiary/aromatic N) is 1. The average Bonchev–Trinajstić information content (AvgIpc) is 2.36. The van der Waals surface area contributed by atoms with E-state index in [9.17, 15) is 14.9 Å². The number of ether oxygens (including phenoxy) is 2. The van der Waals surface area contributed by atoms with Gasteiger partial charge in [-0.05, 0) is 31.9 Å². The molecule has 0 saturated carbocycles. The fourth-order valence-corrected chi connectivity index (χ4v) is 1.71. The average molecular weight is 279 g/mol. The fraction of sp³-hybridized carbons (Fsp3) is 0.357. The van der Waals surface area contributed by atoms with Gasteiger partial charge in [-0.2, -0.15) is 0 Å². The summed E-state index contributed by atoms with van der Waals surface area (Å²) in [7, 11) is 0. The van der Waals surface area contributed by atoms with E-state index in [1.807, 2.05) is 0 Å². The maximum Gasteiger partial charge on any atom is 0.336 e. The highest BCUT2D eigenvalue weighted by Gasteiger charge is 2.19. The summed E-state index contributed by atoms with van der Waals surface area (Å²) in [6, 6.07) is 3.20. The molecule has 0 saturated heterocycles. The van der Waals surface area contributed by atoms with Crippen molar-refractivity contribution in [2.75, 3.05) is 13.2 Å². The molecule has 0 N–H and O–H groups in total. The minimum Gasteiger partial charge on any atom is -0.481 e. The Morgan fingerprint density at radius 2 is 2.05 bits per heavy atom. The summed E-state index contributed by atoms with van der Waals surface area (Å²) in [4.78, 5) is 21.9. The van der Waals surface area contributed by atoms with Gasteiger partial charge in [0.05, 0.1) is 17.1 Å². The SMILES string of the molecule is C=C(COc1c(C)cc(C)cc1[N+](=O)[O-])C(=O)OCC. The number of hydrogen-bond acceptors (Lipinski definition) is 5. The molecule has 108 valence electrons. The normalized spacial score (nSPS) is 9.95. The van der Waals surface area contributed by atoms with E-state index in [-0.39, 0.29) is 30.2 Å². The molecule has 1 aromatic carbocycles. The van der Waals surface area contributed by atoms with Gasteiger partial charge >= 0.3 is 11.7 Å². The first-order valence-electron chi connectivity index (χ1n) is 6.10. The lowest BCUT2D eigenvalue weighted by Crippen LogP contribution is -2.14. The summed E-state index contributed by atoms with van der Waals surface area (Å²) in [5.41, 5.74) is 1.39. The van der Waals surface area contributed by atoms with Crippen LogP contribution in [-0.4, -0.2) is 24.1 Å². The van der Waals surface area contributed by atoms with Crippen LogP contribution in [0.1, 0.15) is 18.1 Å². The Labute approximate surface area is 117 Å². The molecule has 6 nitrogen and oxygen atoms in total. The molecule has 0 unspecified atom stereocenters. The van der Waals surface area contributed by atoms with Crippen LogP contribution in [-0.2, 0) is 9.53 Å². The molecular weight excluding hydrogens is 262 g/mol. The van der Waals surface area contributed by atoms with Crippen LogP contribution in [0, 0.1) is 24.0 Å². The zero-order chi connectivity index (χ0) is 15.3. The van der Waals surface area contributed by atoms with Crippen LogP contribution in [0.2, 0.25) is 0 Å². The van der Waals surface area contributed by atoms with Crippen molar-refractivity contribution in [2.24, 2.45) is 0 Å². The van der Waals surface area contributed by atoms with Gasteiger partial charge in [0.1, 0.15) is 6.61 Å². The van der Waals surface area contributed by atoms with E-state index in [1.54, 1.807) is 26.8 Å². The number of esters is 1. The van der Waals surface area contributed by atoms with Crippen molar-refractivity contribution in [3.63, 3.8) is 0 Å². The first kappa shape index (κ1) is 15.7. The van der Waals surface area contributed by atoms with E-state index in [0.29, 0.717) is 5.56 Å². The number of carbonyl (C=O) groups excluding carboxylic acids is 1. The molecule has 0 spiro atoms. The maximum atomic E-state index is 11.4. The van der Waals surface area contributed by atoms with Crippen LogP contribution < -0.4 is 4.74 Å². The van der Waals surface area contributed by atoms with Crippen LogP contribution in [0.3, 0.4) is 0 Å². The van der Waals surface area contributed by atoms with E-state index < -0.39 is 10.9 Å². The lowest BCUT2D eigenvalue weighted by atomic mass is 10.1. The molecular formula is C14H17NO5. The predicted octanol–water partition coefficient (Wildman–Crippen LogP) is 2.71. The van der Waals surface area contributed by atoms with Crippen molar-refractivity contribution in [3.8, 4) is 5.75 Å². The van der Waals surface area contributed by atoms with Crippen molar-refractivity contribution < 1.29 is 19.2 Å². The third-order valence-corrected chi connectivity index (χ3v) is 2.55. The molecule has 0 aliphatic carbocycles. The quantitative estimate of drug-likeness (QED) is 0.346. The topological polar surface area (TPSA) is 78.7 Å². The molecule has 0 aliphatic rings. The van der Waals surface area contributed by atoms with Gasteiger partial charge in [0.25, 0.3) is 0 Å². The second-order valence-corrected chi connectivity index (χ2v) is 4.30. The largest absolute Gasteiger partial charge is 0.481 e. The van der Waals surface area contributed by atoms with E-state index >= 15 is 0 Å². The summed E-state index contributed by atoms with van der Waals surface area (Å²) in [6.07, 6.45) is 0. The van der Waals surface area contributed by atoms with E-state index in [2.05, 4.69) is 6.58 Å². The predicted molar refractivity (Wildman–Crippen MR) is 73.8 cm³/mol. The van der Waals surface area contributed by atoms with Crippen LogP contribution in [0.4, 0.5) is 5.69 Å². The van der Waals surface area contributed by atoms with Crippen molar-refractivity contribution >= 4 is 11.7 Å². The van der Waals surface area contributed by atoms with Gasteiger partial charge in [-0.15, -0.1) is 0 Å². The molecule has 1 aromatic rings. The van der Waals surface area contributed by atoms with Gasteiger partial charge in [0.2, 0.25) is 0 Å². The van der Waals surface area contributed by atoms with Crippen LogP contribution in [0.15, 0.2) is 24.3 Å². The van der Waals surface area contributed by atoms with Crippen molar-refractivity contribution in [1.82, 2.24) is 0 Å². The highest BCUT2D eigenvalue weighted by atomic mass is 16.6. The summed E-state index contributed by atoms with van der Waals surface area (Å²) < 4.78 is 10.1. The smallest absolute Gasteiger partial charge is 0.336 e. The Morgan fingerprint density at radius 3 is 2.60 bits per heavy atom. The van der Waals surface area contributed by atoms with Crippen LogP contribution in [0.25, 0.3) is 0 Å². The van der Waals surface area contributed by atoms with Gasteiger partial charge < -0.3 is 9.47 Å². The van der Waals surface area contributed by atoms with Crippen molar-refractivity contribution in [1.29, 1.82) is 0 Å². The first-order chi connectivity index (χ1) is 9.36. The molecule has 0 amide bonds. The zero-order valence-corrected chi connectivity index (χ0v) is 11.8. The van der Waals surface area contributed by atoms with Gasteiger partial charge in [-0.1, -0.05) is 12.6 Å². The minimum absolute atomic E-state index is 0.112. The van der Waals surface area contributed by atoms with E-state index in [4.69, 9.17) is 9.47 Å². The number of nitro groups is 1. The number of nitro benzene ring substituents is 1. The fourth-order valence-electron chi connectivity index (χ4n) is 1.71. The Kier molecular flexibility index (Phi) is 5.25. The molecule has 6 heteroatoms. The number of hydrogen-bond donors (Lipinski definition) is 0. The summed E-state index contributed by atoms with van der Waals surface area (Å²) in [5.74, 6) is -0.425. The molecule has 0 fully saturated rings. The number of aryl methyl sites for hydroxylation is 2. The van der Waals surface area contributed by atoms with E-state index in [1.165, 1.54) is 6.07 Å². The lowest BCUT2D eigenvalue weighted by molar-refractivity contribution is -0.385. The summed E-state index contributed by atoms with van der Waals surface area (Å²) in [6.45, 7) is 8.79. The molecule has 0 heterocycles. The Hall–Kier alpha value is -2.37. The first-order valence-corrected chi connectivity index (χ1v) is 6.10. The number of rotatable bonds is 6. The van der Waals surface area contributed by atoms with Crippen LogP contribution in [0.5, 0.6) is 5.75 Å².